The van der Waals surface area contributed by atoms with Crippen LogP contribution in [-0.4, -0.2) is 41.9 Å². The zero-order valence-corrected chi connectivity index (χ0v) is 31.9. The zero-order chi connectivity index (χ0) is 35.4. The number of nitrogens with one attached hydrogen (secondary N) is 1. The molecule has 0 spiro atoms. The van der Waals surface area contributed by atoms with Crippen LogP contribution in [0.3, 0.4) is 0 Å². The van der Waals surface area contributed by atoms with Crippen LogP contribution < -0.4 is 5.32 Å². The molecule has 0 aliphatic heterocycles. The smallest absolute Gasteiger partial charge is 0.267 e. The molecule has 0 heterocycles. The molecule has 0 saturated heterocycles. The fourth-order valence-corrected chi connectivity index (χ4v) is 6.48. The summed E-state index contributed by atoms with van der Waals surface area (Å²) in [6, 6.07) is -1.06. The van der Waals surface area contributed by atoms with Crippen molar-refractivity contribution in [1.29, 1.82) is 0 Å². The highest BCUT2D eigenvalue weighted by Gasteiger charge is 2.24. The van der Waals surface area contributed by atoms with Gasteiger partial charge >= 0.3 is 0 Å². The molecule has 7 heteroatoms. The molecule has 6 nitrogen and oxygen atoms in total. The summed E-state index contributed by atoms with van der Waals surface area (Å²) in [5, 5.41) is 13.1. The SMILES string of the molecule is CCCCCCC/C=C\C/C=C\C/C=C\CCCCCCCCCCC(=O)NC(CS(=O)(=O)O)C(O)/C=C/CCCCCCCCCC. The first kappa shape index (κ1) is 46.3. The lowest BCUT2D eigenvalue weighted by molar-refractivity contribution is -0.122. The lowest BCUT2D eigenvalue weighted by atomic mass is 10.1. The predicted molar refractivity (Wildman–Crippen MR) is 207 cm³/mol. The lowest BCUT2D eigenvalue weighted by Gasteiger charge is -2.21. The van der Waals surface area contributed by atoms with Crippen LogP contribution in [0.25, 0.3) is 0 Å². The molecule has 0 aliphatic carbocycles. The van der Waals surface area contributed by atoms with E-state index in [0.29, 0.717) is 0 Å². The minimum atomic E-state index is -4.34. The van der Waals surface area contributed by atoms with Crippen molar-refractivity contribution in [3.8, 4) is 0 Å². The number of aliphatic hydroxyl groups is 1. The fraction of sp³-hybridized carbons (Fsp3) is 0.780. The van der Waals surface area contributed by atoms with Gasteiger partial charge in [0.15, 0.2) is 0 Å². The van der Waals surface area contributed by atoms with Gasteiger partial charge in [0.05, 0.1) is 17.9 Å². The van der Waals surface area contributed by atoms with E-state index in [4.69, 9.17) is 0 Å². The van der Waals surface area contributed by atoms with Gasteiger partial charge in [0.25, 0.3) is 10.1 Å². The summed E-state index contributed by atoms with van der Waals surface area (Å²) < 4.78 is 32.3. The highest BCUT2D eigenvalue weighted by molar-refractivity contribution is 7.85. The molecule has 0 aromatic carbocycles. The van der Waals surface area contributed by atoms with Gasteiger partial charge in [-0.2, -0.15) is 8.42 Å². The molecule has 0 radical (unpaired) electrons. The van der Waals surface area contributed by atoms with Crippen molar-refractivity contribution in [3.05, 3.63) is 48.6 Å². The van der Waals surface area contributed by atoms with Crippen molar-refractivity contribution in [3.63, 3.8) is 0 Å². The molecule has 0 fully saturated rings. The van der Waals surface area contributed by atoms with Gasteiger partial charge in [-0.3, -0.25) is 9.35 Å². The normalized spacial score (nSPS) is 13.8. The molecule has 2 unspecified atom stereocenters. The van der Waals surface area contributed by atoms with Crippen LogP contribution in [0.5, 0.6) is 0 Å². The molecule has 3 N–H and O–H groups in total. The van der Waals surface area contributed by atoms with Crippen LogP contribution in [-0.2, 0) is 14.9 Å². The Hall–Kier alpha value is -1.70. The highest BCUT2D eigenvalue weighted by atomic mass is 32.2. The van der Waals surface area contributed by atoms with Gasteiger partial charge in [-0.05, 0) is 57.8 Å². The maximum atomic E-state index is 12.5. The van der Waals surface area contributed by atoms with Gasteiger partial charge in [0, 0.05) is 6.42 Å². The molecule has 280 valence electrons. The maximum absolute atomic E-state index is 12.5. The van der Waals surface area contributed by atoms with E-state index in [2.05, 4.69) is 55.6 Å². The molecular weight excluding hydrogens is 619 g/mol. The summed E-state index contributed by atoms with van der Waals surface area (Å²) in [5.74, 6) is -0.991. The number of aliphatic hydroxyl groups excluding tert-OH is 1. The second-order valence-corrected chi connectivity index (χ2v) is 15.1. The third kappa shape index (κ3) is 35.6. The Bertz CT molecular complexity index is 940. The second-order valence-electron chi connectivity index (χ2n) is 13.6. The van der Waals surface area contributed by atoms with Crippen molar-refractivity contribution in [2.75, 3.05) is 5.75 Å². The monoisotopic (exact) mass is 694 g/mol. The quantitative estimate of drug-likeness (QED) is 0.0348. The third-order valence-corrected chi connectivity index (χ3v) is 9.53. The molecule has 0 saturated carbocycles. The van der Waals surface area contributed by atoms with Crippen molar-refractivity contribution in [2.24, 2.45) is 0 Å². The minimum Gasteiger partial charge on any atom is -0.387 e. The number of hydrogen-bond donors (Lipinski definition) is 3. The Morgan fingerprint density at radius 1 is 0.562 bits per heavy atom. The molecular formula is C41H75NO5S. The Morgan fingerprint density at radius 2 is 0.938 bits per heavy atom. The summed E-state index contributed by atoms with van der Waals surface area (Å²) in [6.45, 7) is 4.47. The van der Waals surface area contributed by atoms with Crippen molar-refractivity contribution in [2.45, 2.75) is 199 Å². The molecule has 48 heavy (non-hydrogen) atoms. The number of amides is 1. The van der Waals surface area contributed by atoms with Crippen LogP contribution in [0, 0.1) is 0 Å². The number of rotatable bonds is 35. The van der Waals surface area contributed by atoms with E-state index in [1.807, 2.05) is 6.08 Å². The highest BCUT2D eigenvalue weighted by Crippen LogP contribution is 2.13. The van der Waals surface area contributed by atoms with Gasteiger partial charge in [-0.1, -0.05) is 172 Å². The first-order valence-electron chi connectivity index (χ1n) is 19.8. The Balaban J connectivity index is 3.89. The summed E-state index contributed by atoms with van der Waals surface area (Å²) >= 11 is 0. The second kappa shape index (κ2) is 35.1. The topological polar surface area (TPSA) is 104 Å². The average Bonchev–Trinajstić information content (AvgIpc) is 3.05. The van der Waals surface area contributed by atoms with Crippen molar-refractivity contribution >= 4 is 16.0 Å². The number of allylic oxidation sites excluding steroid dienone is 7. The summed E-state index contributed by atoms with van der Waals surface area (Å²) in [7, 11) is -4.34. The largest absolute Gasteiger partial charge is 0.387 e. The van der Waals surface area contributed by atoms with E-state index in [-0.39, 0.29) is 12.3 Å². The van der Waals surface area contributed by atoms with Crippen LogP contribution in [0.15, 0.2) is 48.6 Å². The fourth-order valence-electron chi connectivity index (χ4n) is 5.75. The zero-order valence-electron chi connectivity index (χ0n) is 31.1. The molecule has 0 bridgehead atoms. The number of carbonyl (C=O) groups excluding carboxylic acids is 1. The number of unbranched alkanes of at least 4 members (excludes halogenated alkanes) is 21. The van der Waals surface area contributed by atoms with E-state index in [1.165, 1.54) is 103 Å². The van der Waals surface area contributed by atoms with Gasteiger partial charge < -0.3 is 10.4 Å². The number of hydrogen-bond acceptors (Lipinski definition) is 4. The standard InChI is InChI=1S/C41H75NO5S/c1-3-5-7-9-11-13-15-16-17-18-19-20-21-22-23-24-25-26-27-29-31-33-35-37-41(44)42-39(38-48(45,46)47)40(43)36-34-32-30-28-14-12-10-8-6-4-2/h15-16,18-19,21-22,34,36,39-40,43H,3-14,17,20,23-33,35,37-38H2,1-2H3,(H,42,44)(H,45,46,47)/b16-15-,19-18-,22-21-,36-34+. The first-order chi connectivity index (χ1) is 23.3. The van der Waals surface area contributed by atoms with E-state index in [1.54, 1.807) is 6.08 Å². The number of carbonyl (C=O) groups is 1. The Kier molecular flexibility index (Phi) is 33.9. The molecule has 2 atom stereocenters. The molecule has 1 amide bonds. The minimum absolute atomic E-state index is 0.286. The summed E-state index contributed by atoms with van der Waals surface area (Å²) in [4.78, 5) is 12.5. The average molecular weight is 694 g/mol. The van der Waals surface area contributed by atoms with E-state index in [0.717, 1.165) is 64.2 Å². The molecule has 0 aliphatic rings. The van der Waals surface area contributed by atoms with Crippen molar-refractivity contribution in [1.82, 2.24) is 5.32 Å². The van der Waals surface area contributed by atoms with Crippen LogP contribution in [0.1, 0.15) is 187 Å². The van der Waals surface area contributed by atoms with Crippen LogP contribution >= 0.6 is 0 Å². The van der Waals surface area contributed by atoms with E-state index >= 15 is 0 Å². The summed E-state index contributed by atoms with van der Waals surface area (Å²) in [6.07, 6.45) is 46.7. The maximum Gasteiger partial charge on any atom is 0.267 e. The van der Waals surface area contributed by atoms with Gasteiger partial charge in [-0.25, -0.2) is 0 Å². The van der Waals surface area contributed by atoms with Gasteiger partial charge in [0.2, 0.25) is 5.91 Å². The molecule has 0 aromatic rings. The third-order valence-electron chi connectivity index (χ3n) is 8.75. The lowest BCUT2D eigenvalue weighted by Crippen LogP contribution is -2.46. The van der Waals surface area contributed by atoms with Gasteiger partial charge in [-0.15, -0.1) is 0 Å². The van der Waals surface area contributed by atoms with Crippen molar-refractivity contribution < 1.29 is 22.9 Å². The Morgan fingerprint density at radius 3 is 1.38 bits per heavy atom. The predicted octanol–water partition coefficient (Wildman–Crippen LogP) is 11.5. The summed E-state index contributed by atoms with van der Waals surface area (Å²) in [5.41, 5.74) is 0. The van der Waals surface area contributed by atoms with E-state index in [9.17, 15) is 22.9 Å². The molecule has 0 rings (SSSR count). The van der Waals surface area contributed by atoms with Gasteiger partial charge in [0.1, 0.15) is 0 Å². The first-order valence-corrected chi connectivity index (χ1v) is 21.4. The Labute approximate surface area is 297 Å². The van der Waals surface area contributed by atoms with E-state index < -0.39 is 28.0 Å². The van der Waals surface area contributed by atoms with Crippen LogP contribution in [0.2, 0.25) is 0 Å². The van der Waals surface area contributed by atoms with Crippen LogP contribution in [0.4, 0.5) is 0 Å². The molecule has 0 aromatic heterocycles.